The third-order valence-corrected chi connectivity index (χ3v) is 3.34. The van der Waals surface area contributed by atoms with Gasteiger partial charge in [0.25, 0.3) is 0 Å². The molecule has 1 heterocycles. The third kappa shape index (κ3) is 2.12. The van der Waals surface area contributed by atoms with E-state index in [0.29, 0.717) is 6.04 Å². The number of hydrogen-bond donors (Lipinski definition) is 0. The summed E-state index contributed by atoms with van der Waals surface area (Å²) in [7, 11) is 0. The van der Waals surface area contributed by atoms with E-state index in [0.717, 1.165) is 45.6 Å². The second-order valence-corrected chi connectivity index (χ2v) is 4.17. The zero-order valence-electron chi connectivity index (χ0n) is 8.52. The lowest BCUT2D eigenvalue weighted by Crippen LogP contribution is -2.49. The maximum Gasteiger partial charge on any atom is 0.107 e. The van der Waals surface area contributed by atoms with Crippen molar-refractivity contribution in [3.8, 4) is 0 Å². The molecule has 2 fully saturated rings. The minimum absolute atomic E-state index is 0.0295. The summed E-state index contributed by atoms with van der Waals surface area (Å²) in [4.78, 5) is 13.1. The Morgan fingerprint density at radius 3 is 2.57 bits per heavy atom. The Morgan fingerprint density at radius 2 is 1.86 bits per heavy atom. The van der Waals surface area contributed by atoms with E-state index in [1.54, 1.807) is 0 Å². The lowest BCUT2D eigenvalue weighted by atomic mass is 9.89. The quantitative estimate of drug-likeness (QED) is 0.630. The number of rotatable bonds is 2. The van der Waals surface area contributed by atoms with Crippen LogP contribution in [0, 0.1) is 4.91 Å². The van der Waals surface area contributed by atoms with Crippen LogP contribution in [0.2, 0.25) is 0 Å². The second-order valence-electron chi connectivity index (χ2n) is 4.17. The van der Waals surface area contributed by atoms with Crippen molar-refractivity contribution in [3.05, 3.63) is 4.91 Å². The molecule has 4 nitrogen and oxygen atoms in total. The van der Waals surface area contributed by atoms with Crippen LogP contribution in [0.3, 0.4) is 0 Å². The summed E-state index contributed by atoms with van der Waals surface area (Å²) in [6.45, 7) is 3.55. The van der Waals surface area contributed by atoms with Crippen LogP contribution in [0.25, 0.3) is 0 Å². The van der Waals surface area contributed by atoms with E-state index in [4.69, 9.17) is 4.74 Å². The van der Waals surface area contributed by atoms with E-state index in [1.807, 2.05) is 0 Å². The molecule has 0 aromatic carbocycles. The molecule has 1 aliphatic heterocycles. The van der Waals surface area contributed by atoms with Crippen LogP contribution in [-0.2, 0) is 4.74 Å². The fourth-order valence-corrected chi connectivity index (χ4v) is 2.55. The molecule has 0 aromatic heterocycles. The average molecular weight is 198 g/mol. The highest BCUT2D eigenvalue weighted by Gasteiger charge is 2.31. The van der Waals surface area contributed by atoms with Crippen LogP contribution in [0.15, 0.2) is 5.18 Å². The summed E-state index contributed by atoms with van der Waals surface area (Å²) >= 11 is 0. The van der Waals surface area contributed by atoms with Crippen molar-refractivity contribution in [2.45, 2.75) is 37.8 Å². The molecule has 14 heavy (non-hydrogen) atoms. The average Bonchev–Trinajstić information content (AvgIpc) is 2.30. The van der Waals surface area contributed by atoms with E-state index in [2.05, 4.69) is 10.1 Å². The standard InChI is InChI=1S/C10H18N2O2/c13-11-9-3-1-2-4-10(9)12-5-7-14-8-6-12/h9-10H,1-8H2. The molecule has 0 bridgehead atoms. The highest BCUT2D eigenvalue weighted by molar-refractivity contribution is 4.88. The monoisotopic (exact) mass is 198 g/mol. The molecule has 1 saturated heterocycles. The van der Waals surface area contributed by atoms with E-state index in [-0.39, 0.29) is 6.04 Å². The number of ether oxygens (including phenoxy) is 1. The SMILES string of the molecule is O=NC1CCCCC1N1CCOCC1. The van der Waals surface area contributed by atoms with Crippen LogP contribution in [-0.4, -0.2) is 43.3 Å². The largest absolute Gasteiger partial charge is 0.379 e. The Hall–Kier alpha value is -0.480. The van der Waals surface area contributed by atoms with Gasteiger partial charge in [0, 0.05) is 19.1 Å². The minimum atomic E-state index is 0.0295. The number of hydrogen-bond acceptors (Lipinski definition) is 4. The first-order valence-electron chi connectivity index (χ1n) is 5.56. The van der Waals surface area contributed by atoms with E-state index >= 15 is 0 Å². The van der Waals surface area contributed by atoms with Gasteiger partial charge < -0.3 is 4.74 Å². The highest BCUT2D eigenvalue weighted by atomic mass is 16.5. The lowest BCUT2D eigenvalue weighted by molar-refractivity contribution is 0.00381. The van der Waals surface area contributed by atoms with Crippen molar-refractivity contribution in [2.24, 2.45) is 5.18 Å². The molecule has 2 rings (SSSR count). The minimum Gasteiger partial charge on any atom is -0.379 e. The summed E-state index contributed by atoms with van der Waals surface area (Å²) in [6.07, 6.45) is 4.52. The third-order valence-electron chi connectivity index (χ3n) is 3.34. The van der Waals surface area contributed by atoms with Gasteiger partial charge in [-0.3, -0.25) is 4.90 Å². The maximum absolute atomic E-state index is 10.7. The summed E-state index contributed by atoms with van der Waals surface area (Å²) in [6, 6.07) is 0.423. The topological polar surface area (TPSA) is 41.9 Å². The molecule has 0 N–H and O–H groups in total. The van der Waals surface area contributed by atoms with Gasteiger partial charge in [-0.2, -0.15) is 4.91 Å². The van der Waals surface area contributed by atoms with Crippen LogP contribution in [0.1, 0.15) is 25.7 Å². The molecule has 2 atom stereocenters. The Balaban J connectivity index is 1.94. The molecule has 2 unspecified atom stereocenters. The molecule has 0 spiro atoms. The van der Waals surface area contributed by atoms with E-state index < -0.39 is 0 Å². The van der Waals surface area contributed by atoms with Crippen LogP contribution in [0.4, 0.5) is 0 Å². The fraction of sp³-hybridized carbons (Fsp3) is 1.00. The van der Waals surface area contributed by atoms with Crippen LogP contribution in [0.5, 0.6) is 0 Å². The first-order chi connectivity index (χ1) is 6.92. The Kier molecular flexibility index (Phi) is 3.48. The van der Waals surface area contributed by atoms with Crippen molar-refractivity contribution in [1.29, 1.82) is 0 Å². The molecule has 0 radical (unpaired) electrons. The van der Waals surface area contributed by atoms with Gasteiger partial charge in [0.05, 0.1) is 13.2 Å². The zero-order valence-corrected chi connectivity index (χ0v) is 8.52. The van der Waals surface area contributed by atoms with Crippen LogP contribution >= 0.6 is 0 Å². The van der Waals surface area contributed by atoms with Gasteiger partial charge in [0.1, 0.15) is 6.04 Å². The first-order valence-corrected chi connectivity index (χ1v) is 5.56. The highest BCUT2D eigenvalue weighted by Crippen LogP contribution is 2.25. The molecular formula is C10H18N2O2. The number of nitrogens with zero attached hydrogens (tertiary/aromatic N) is 2. The Morgan fingerprint density at radius 1 is 1.14 bits per heavy atom. The Labute approximate surface area is 84.6 Å². The number of nitroso groups, excluding NO2 is 1. The van der Waals surface area contributed by atoms with Gasteiger partial charge in [-0.25, -0.2) is 0 Å². The maximum atomic E-state index is 10.7. The molecule has 0 aromatic rings. The van der Waals surface area contributed by atoms with Crippen molar-refractivity contribution >= 4 is 0 Å². The summed E-state index contributed by atoms with van der Waals surface area (Å²) in [5.41, 5.74) is 0. The molecule has 1 saturated carbocycles. The molecule has 4 heteroatoms. The van der Waals surface area contributed by atoms with Crippen LogP contribution < -0.4 is 0 Å². The van der Waals surface area contributed by atoms with Crippen molar-refractivity contribution in [3.63, 3.8) is 0 Å². The van der Waals surface area contributed by atoms with Gasteiger partial charge in [0.15, 0.2) is 0 Å². The first kappa shape index (κ1) is 10.1. The molecule has 1 aliphatic carbocycles. The van der Waals surface area contributed by atoms with Gasteiger partial charge in [-0.1, -0.05) is 18.0 Å². The second kappa shape index (κ2) is 4.84. The molecular weight excluding hydrogens is 180 g/mol. The fourth-order valence-electron chi connectivity index (χ4n) is 2.55. The summed E-state index contributed by atoms with van der Waals surface area (Å²) < 4.78 is 5.31. The van der Waals surface area contributed by atoms with E-state index in [1.165, 1.54) is 6.42 Å². The summed E-state index contributed by atoms with van der Waals surface area (Å²) in [5, 5.41) is 3.27. The number of morpholine rings is 1. The van der Waals surface area contributed by atoms with E-state index in [9.17, 15) is 4.91 Å². The zero-order chi connectivity index (χ0) is 9.80. The van der Waals surface area contributed by atoms with Gasteiger partial charge in [-0.15, -0.1) is 0 Å². The van der Waals surface area contributed by atoms with Crippen molar-refractivity contribution in [1.82, 2.24) is 4.90 Å². The normalized spacial score (nSPS) is 35.4. The lowest BCUT2D eigenvalue weighted by Gasteiger charge is -2.38. The van der Waals surface area contributed by atoms with Gasteiger partial charge in [0.2, 0.25) is 0 Å². The molecule has 2 aliphatic rings. The van der Waals surface area contributed by atoms with Crippen molar-refractivity contribution < 1.29 is 4.74 Å². The molecule has 80 valence electrons. The Bertz CT molecular complexity index is 193. The predicted molar refractivity (Wildman–Crippen MR) is 54.2 cm³/mol. The van der Waals surface area contributed by atoms with Crippen molar-refractivity contribution in [2.75, 3.05) is 26.3 Å². The van der Waals surface area contributed by atoms with Gasteiger partial charge in [-0.05, 0) is 12.8 Å². The van der Waals surface area contributed by atoms with Gasteiger partial charge >= 0.3 is 0 Å². The predicted octanol–water partition coefficient (Wildman–Crippen LogP) is 1.40. The summed E-state index contributed by atoms with van der Waals surface area (Å²) in [5.74, 6) is 0. The molecule has 0 amide bonds. The smallest absolute Gasteiger partial charge is 0.107 e.